The van der Waals surface area contributed by atoms with E-state index in [2.05, 4.69) is 5.16 Å². The Labute approximate surface area is 78.9 Å². The maximum Gasteiger partial charge on any atom is 0.0893 e. The van der Waals surface area contributed by atoms with Gasteiger partial charge in [0.15, 0.2) is 0 Å². The molecular weight excluding hydrogens is 162 g/mol. The number of aryl methyl sites for hydroxylation is 1. The summed E-state index contributed by atoms with van der Waals surface area (Å²) in [4.78, 5) is 0. The summed E-state index contributed by atoms with van der Waals surface area (Å²) in [6, 6.07) is 7.99. The van der Waals surface area contributed by atoms with E-state index in [9.17, 15) is 0 Å². The molecule has 0 aliphatic carbocycles. The predicted octanol–water partition coefficient (Wildman–Crippen LogP) is 2.83. The molecule has 0 unspecified atom stereocenters. The summed E-state index contributed by atoms with van der Waals surface area (Å²) in [5.74, 6) is 0.243. The van der Waals surface area contributed by atoms with Crippen molar-refractivity contribution in [2.75, 3.05) is 0 Å². The second-order valence-corrected chi connectivity index (χ2v) is 3.51. The van der Waals surface area contributed by atoms with Crippen LogP contribution in [-0.2, 0) is 0 Å². The van der Waals surface area contributed by atoms with Gasteiger partial charge in [-0.15, -0.1) is 0 Å². The van der Waals surface area contributed by atoms with Crippen molar-refractivity contribution in [2.45, 2.75) is 20.8 Å². The van der Waals surface area contributed by atoms with Crippen molar-refractivity contribution < 1.29 is 5.21 Å². The summed E-state index contributed by atoms with van der Waals surface area (Å²) in [6.07, 6.45) is 0. The molecule has 2 nitrogen and oxygen atoms in total. The highest BCUT2D eigenvalue weighted by atomic mass is 16.4. The van der Waals surface area contributed by atoms with Crippen LogP contribution < -0.4 is 0 Å². The second kappa shape index (κ2) is 4.08. The monoisotopic (exact) mass is 177 g/mol. The lowest BCUT2D eigenvalue weighted by atomic mass is 9.99. The van der Waals surface area contributed by atoms with Gasteiger partial charge in [0.05, 0.1) is 5.71 Å². The van der Waals surface area contributed by atoms with Gasteiger partial charge in [-0.3, -0.25) is 0 Å². The third-order valence-corrected chi connectivity index (χ3v) is 2.00. The van der Waals surface area contributed by atoms with Crippen LogP contribution in [0.4, 0.5) is 0 Å². The van der Waals surface area contributed by atoms with Gasteiger partial charge >= 0.3 is 0 Å². The second-order valence-electron chi connectivity index (χ2n) is 3.51. The molecule has 13 heavy (non-hydrogen) atoms. The first-order chi connectivity index (χ1) is 6.15. The van der Waals surface area contributed by atoms with Crippen LogP contribution in [0.2, 0.25) is 0 Å². The van der Waals surface area contributed by atoms with Crippen molar-refractivity contribution in [3.05, 3.63) is 35.4 Å². The van der Waals surface area contributed by atoms with Gasteiger partial charge in [0.2, 0.25) is 0 Å². The molecule has 0 saturated carbocycles. The maximum absolute atomic E-state index is 8.81. The SMILES string of the molecule is Cc1ccc(/C(=N\O)C(C)C)cc1. The Morgan fingerprint density at radius 2 is 1.77 bits per heavy atom. The van der Waals surface area contributed by atoms with E-state index in [-0.39, 0.29) is 5.92 Å². The lowest BCUT2D eigenvalue weighted by Gasteiger charge is -2.07. The Kier molecular flexibility index (Phi) is 3.07. The lowest BCUT2D eigenvalue weighted by Crippen LogP contribution is -2.09. The van der Waals surface area contributed by atoms with Crippen LogP contribution in [0.25, 0.3) is 0 Å². The van der Waals surface area contributed by atoms with Gasteiger partial charge in [0, 0.05) is 0 Å². The third kappa shape index (κ3) is 2.31. The van der Waals surface area contributed by atoms with Crippen LogP contribution in [0, 0.1) is 12.8 Å². The summed E-state index contributed by atoms with van der Waals surface area (Å²) in [5, 5.41) is 12.1. The van der Waals surface area contributed by atoms with Crippen LogP contribution in [0.3, 0.4) is 0 Å². The zero-order valence-corrected chi connectivity index (χ0v) is 8.28. The van der Waals surface area contributed by atoms with Gasteiger partial charge in [-0.1, -0.05) is 48.8 Å². The normalized spacial score (nSPS) is 12.2. The number of oxime groups is 1. The lowest BCUT2D eigenvalue weighted by molar-refractivity contribution is 0.316. The number of nitrogens with zero attached hydrogens (tertiary/aromatic N) is 1. The Hall–Kier alpha value is -1.31. The molecule has 1 N–H and O–H groups in total. The van der Waals surface area contributed by atoms with Crippen LogP contribution >= 0.6 is 0 Å². The molecule has 1 rings (SSSR count). The quantitative estimate of drug-likeness (QED) is 0.420. The smallest absolute Gasteiger partial charge is 0.0893 e. The molecule has 2 heteroatoms. The first-order valence-corrected chi connectivity index (χ1v) is 4.44. The molecule has 0 amide bonds. The fraction of sp³-hybridized carbons (Fsp3) is 0.364. The molecule has 0 atom stereocenters. The highest BCUT2D eigenvalue weighted by Gasteiger charge is 2.07. The Morgan fingerprint density at radius 1 is 1.23 bits per heavy atom. The molecule has 0 saturated heterocycles. The fourth-order valence-corrected chi connectivity index (χ4v) is 1.23. The van der Waals surface area contributed by atoms with E-state index in [0.717, 1.165) is 11.3 Å². The molecule has 1 aromatic carbocycles. The van der Waals surface area contributed by atoms with E-state index in [1.165, 1.54) is 5.56 Å². The Morgan fingerprint density at radius 3 is 2.15 bits per heavy atom. The van der Waals surface area contributed by atoms with Gasteiger partial charge in [0.25, 0.3) is 0 Å². The predicted molar refractivity (Wildman–Crippen MR) is 54.3 cm³/mol. The topological polar surface area (TPSA) is 32.6 Å². The number of hydrogen-bond donors (Lipinski definition) is 1. The molecule has 0 radical (unpaired) electrons. The van der Waals surface area contributed by atoms with Crippen LogP contribution in [0.5, 0.6) is 0 Å². The van der Waals surface area contributed by atoms with Crippen molar-refractivity contribution in [2.24, 2.45) is 11.1 Å². The molecule has 0 fully saturated rings. The minimum atomic E-state index is 0.243. The summed E-state index contributed by atoms with van der Waals surface area (Å²) in [6.45, 7) is 6.05. The van der Waals surface area contributed by atoms with E-state index in [1.807, 2.05) is 45.0 Å². The van der Waals surface area contributed by atoms with E-state index >= 15 is 0 Å². The van der Waals surface area contributed by atoms with Crippen molar-refractivity contribution in [3.8, 4) is 0 Å². The van der Waals surface area contributed by atoms with Crippen LogP contribution in [-0.4, -0.2) is 10.9 Å². The van der Waals surface area contributed by atoms with Crippen molar-refractivity contribution in [3.63, 3.8) is 0 Å². The fourth-order valence-electron chi connectivity index (χ4n) is 1.23. The number of rotatable bonds is 2. The molecule has 0 aliphatic rings. The first-order valence-electron chi connectivity index (χ1n) is 4.44. The largest absolute Gasteiger partial charge is 0.411 e. The average molecular weight is 177 g/mol. The van der Waals surface area contributed by atoms with E-state index in [0.29, 0.717) is 0 Å². The molecule has 0 aromatic heterocycles. The summed E-state index contributed by atoms with van der Waals surface area (Å²) >= 11 is 0. The van der Waals surface area contributed by atoms with E-state index in [1.54, 1.807) is 0 Å². The Bertz CT molecular complexity index is 298. The average Bonchev–Trinajstić information content (AvgIpc) is 2.09. The Balaban J connectivity index is 3.00. The molecule has 0 heterocycles. The molecule has 0 aliphatic heterocycles. The standard InChI is InChI=1S/C11H15NO/c1-8(2)11(12-13)10-6-4-9(3)5-7-10/h4-8,13H,1-3H3/b12-11-. The number of benzene rings is 1. The summed E-state index contributed by atoms with van der Waals surface area (Å²) < 4.78 is 0. The van der Waals surface area contributed by atoms with Crippen molar-refractivity contribution in [1.29, 1.82) is 0 Å². The molecule has 1 aromatic rings. The summed E-state index contributed by atoms with van der Waals surface area (Å²) in [5.41, 5.74) is 2.94. The van der Waals surface area contributed by atoms with Gasteiger partial charge in [-0.05, 0) is 18.4 Å². The minimum Gasteiger partial charge on any atom is -0.411 e. The van der Waals surface area contributed by atoms with Crippen molar-refractivity contribution >= 4 is 5.71 Å². The van der Waals surface area contributed by atoms with Crippen LogP contribution in [0.1, 0.15) is 25.0 Å². The zero-order valence-electron chi connectivity index (χ0n) is 8.28. The first kappa shape index (κ1) is 9.78. The molecule has 0 spiro atoms. The molecule has 70 valence electrons. The van der Waals surface area contributed by atoms with Gasteiger partial charge in [-0.25, -0.2) is 0 Å². The highest BCUT2D eigenvalue weighted by Crippen LogP contribution is 2.10. The number of hydrogen-bond acceptors (Lipinski definition) is 2. The van der Waals surface area contributed by atoms with Gasteiger partial charge < -0.3 is 5.21 Å². The minimum absolute atomic E-state index is 0.243. The highest BCUT2D eigenvalue weighted by molar-refractivity contribution is 6.01. The molecular formula is C11H15NO. The maximum atomic E-state index is 8.81. The third-order valence-electron chi connectivity index (χ3n) is 2.00. The van der Waals surface area contributed by atoms with Gasteiger partial charge in [0.1, 0.15) is 0 Å². The van der Waals surface area contributed by atoms with Gasteiger partial charge in [-0.2, -0.15) is 0 Å². The van der Waals surface area contributed by atoms with Crippen LogP contribution in [0.15, 0.2) is 29.4 Å². The van der Waals surface area contributed by atoms with E-state index < -0.39 is 0 Å². The van der Waals surface area contributed by atoms with Crippen molar-refractivity contribution in [1.82, 2.24) is 0 Å². The zero-order chi connectivity index (χ0) is 9.84. The molecule has 0 bridgehead atoms. The summed E-state index contributed by atoms with van der Waals surface area (Å²) in [7, 11) is 0. The van der Waals surface area contributed by atoms with E-state index in [4.69, 9.17) is 5.21 Å².